The minimum atomic E-state index is -3.89. The van der Waals surface area contributed by atoms with Crippen LogP contribution in [0.1, 0.15) is 32.3 Å². The van der Waals surface area contributed by atoms with Gasteiger partial charge in [0.05, 0.1) is 6.61 Å². The monoisotopic (exact) mass is 287 g/mol. The lowest BCUT2D eigenvalue weighted by atomic mass is 10.0. The maximum Gasteiger partial charge on any atom is 0.243 e. The van der Waals surface area contributed by atoms with Gasteiger partial charge in [-0.3, -0.25) is 0 Å². The summed E-state index contributed by atoms with van der Waals surface area (Å²) in [5, 5.41) is 8.89. The number of sulfonamides is 1. The molecule has 0 atom stereocenters. The predicted octanol–water partition coefficient (Wildman–Crippen LogP) is 1.78. The smallest absolute Gasteiger partial charge is 0.243 e. The van der Waals surface area contributed by atoms with E-state index in [1.54, 1.807) is 0 Å². The van der Waals surface area contributed by atoms with Gasteiger partial charge >= 0.3 is 0 Å². The van der Waals surface area contributed by atoms with Crippen LogP contribution in [-0.2, 0) is 16.6 Å². The molecule has 2 rings (SSSR count). The van der Waals surface area contributed by atoms with Gasteiger partial charge in [-0.25, -0.2) is 17.5 Å². The van der Waals surface area contributed by atoms with E-state index in [2.05, 4.69) is 4.72 Å². The van der Waals surface area contributed by atoms with E-state index in [1.165, 1.54) is 12.1 Å². The Kier molecular flexibility index (Phi) is 3.68. The normalized spacial score (nSPS) is 16.6. The van der Waals surface area contributed by atoms with E-state index in [0.29, 0.717) is 11.5 Å². The van der Waals surface area contributed by atoms with Crippen LogP contribution in [0.2, 0.25) is 0 Å². The molecule has 106 valence electrons. The predicted molar refractivity (Wildman–Crippen MR) is 69.4 cm³/mol. The lowest BCUT2D eigenvalue weighted by Gasteiger charge is -2.25. The van der Waals surface area contributed by atoms with Gasteiger partial charge in [0.2, 0.25) is 10.0 Å². The second-order valence-electron chi connectivity index (χ2n) is 5.52. The zero-order valence-electron chi connectivity index (χ0n) is 11.0. The molecule has 0 heterocycles. The van der Waals surface area contributed by atoms with E-state index in [1.807, 2.05) is 13.8 Å². The van der Waals surface area contributed by atoms with E-state index in [9.17, 15) is 12.8 Å². The molecule has 2 N–H and O–H groups in total. The third-order valence-electron chi connectivity index (χ3n) is 3.46. The minimum absolute atomic E-state index is 0.307. The fraction of sp³-hybridized carbons (Fsp3) is 0.538. The first kappa shape index (κ1) is 14.4. The molecular formula is C13H18FNO3S. The number of benzene rings is 1. The summed E-state index contributed by atoms with van der Waals surface area (Å²) in [6.07, 6.45) is 1.98. The van der Waals surface area contributed by atoms with Crippen molar-refractivity contribution in [2.75, 3.05) is 0 Å². The Morgan fingerprint density at radius 2 is 2.05 bits per heavy atom. The van der Waals surface area contributed by atoms with Crippen LogP contribution in [0.25, 0.3) is 0 Å². The Bertz CT molecular complexity index is 580. The Labute approximate surface area is 112 Å². The van der Waals surface area contributed by atoms with Gasteiger partial charge in [-0.2, -0.15) is 0 Å². The second kappa shape index (κ2) is 4.85. The zero-order valence-corrected chi connectivity index (χ0v) is 11.8. The molecule has 1 saturated carbocycles. The maximum absolute atomic E-state index is 13.8. The van der Waals surface area contributed by atoms with Crippen LogP contribution in [0.4, 0.5) is 4.39 Å². The van der Waals surface area contributed by atoms with Crippen LogP contribution < -0.4 is 4.72 Å². The molecule has 6 heteroatoms. The number of halogens is 1. The van der Waals surface area contributed by atoms with Crippen LogP contribution in [0, 0.1) is 11.7 Å². The van der Waals surface area contributed by atoms with Crippen LogP contribution >= 0.6 is 0 Å². The Hall–Kier alpha value is -0.980. The zero-order chi connectivity index (χ0) is 14.3. The average Bonchev–Trinajstić information content (AvgIpc) is 3.10. The molecule has 19 heavy (non-hydrogen) atoms. The molecular weight excluding hydrogens is 269 g/mol. The van der Waals surface area contributed by atoms with Gasteiger partial charge in [0.15, 0.2) is 0 Å². The lowest BCUT2D eigenvalue weighted by molar-refractivity contribution is 0.281. The summed E-state index contributed by atoms with van der Waals surface area (Å²) in [5.74, 6) is -0.535. The summed E-state index contributed by atoms with van der Waals surface area (Å²) >= 11 is 0. The highest BCUT2D eigenvalue weighted by Gasteiger charge is 2.41. The van der Waals surface area contributed by atoms with E-state index in [4.69, 9.17) is 5.11 Å². The molecule has 4 nitrogen and oxygen atoms in total. The highest BCUT2D eigenvalue weighted by atomic mass is 32.2. The summed E-state index contributed by atoms with van der Waals surface area (Å²) in [5.41, 5.74) is -0.223. The molecule has 0 bridgehead atoms. The molecule has 1 fully saturated rings. The fourth-order valence-corrected chi connectivity index (χ4v) is 3.68. The molecule has 0 radical (unpaired) electrons. The fourth-order valence-electron chi connectivity index (χ4n) is 2.15. The summed E-state index contributed by atoms with van der Waals surface area (Å²) in [6, 6.07) is 3.63. The first-order valence-electron chi connectivity index (χ1n) is 6.19. The molecule has 1 aliphatic carbocycles. The van der Waals surface area contributed by atoms with Gasteiger partial charge in [0.25, 0.3) is 0 Å². The minimum Gasteiger partial charge on any atom is -0.392 e. The Balaban J connectivity index is 2.29. The first-order valence-corrected chi connectivity index (χ1v) is 7.68. The van der Waals surface area contributed by atoms with Crippen molar-refractivity contribution in [3.8, 4) is 0 Å². The van der Waals surface area contributed by atoms with Crippen molar-refractivity contribution in [3.05, 3.63) is 29.6 Å². The van der Waals surface area contributed by atoms with Crippen molar-refractivity contribution in [1.29, 1.82) is 0 Å². The summed E-state index contributed by atoms with van der Waals surface area (Å²) in [7, 11) is -3.89. The second-order valence-corrected chi connectivity index (χ2v) is 7.18. The largest absolute Gasteiger partial charge is 0.392 e. The Morgan fingerprint density at radius 1 is 1.42 bits per heavy atom. The van der Waals surface area contributed by atoms with E-state index in [0.717, 1.165) is 18.9 Å². The van der Waals surface area contributed by atoms with Crippen molar-refractivity contribution < 1.29 is 17.9 Å². The van der Waals surface area contributed by atoms with E-state index in [-0.39, 0.29) is 11.5 Å². The molecule has 0 amide bonds. The third kappa shape index (κ3) is 3.13. The van der Waals surface area contributed by atoms with Gasteiger partial charge in [-0.15, -0.1) is 0 Å². The highest BCUT2D eigenvalue weighted by molar-refractivity contribution is 7.89. The van der Waals surface area contributed by atoms with Gasteiger partial charge in [-0.05, 0) is 50.3 Å². The molecule has 0 spiro atoms. The molecule has 1 aliphatic rings. The number of hydrogen-bond donors (Lipinski definition) is 2. The number of aliphatic hydroxyl groups is 1. The standard InChI is InChI=1S/C13H18FNO3S/c1-13(2,10-4-5-10)15-19(17,18)12-6-3-9(8-16)7-11(12)14/h3,6-7,10,15-16H,4-5,8H2,1-2H3. The highest BCUT2D eigenvalue weighted by Crippen LogP contribution is 2.40. The number of aliphatic hydroxyl groups excluding tert-OH is 1. The summed E-state index contributed by atoms with van der Waals surface area (Å²) < 4.78 is 40.7. The molecule has 0 saturated heterocycles. The number of hydrogen-bond acceptors (Lipinski definition) is 3. The number of rotatable bonds is 5. The van der Waals surface area contributed by atoms with Crippen molar-refractivity contribution in [2.45, 2.75) is 43.7 Å². The Morgan fingerprint density at radius 3 is 2.53 bits per heavy atom. The molecule has 0 unspecified atom stereocenters. The average molecular weight is 287 g/mol. The van der Waals surface area contributed by atoms with Crippen LogP contribution in [0.15, 0.2) is 23.1 Å². The molecule has 0 aromatic heterocycles. The third-order valence-corrected chi connectivity index (χ3v) is 5.17. The quantitative estimate of drug-likeness (QED) is 0.867. The molecule has 1 aromatic carbocycles. The van der Waals surface area contributed by atoms with Crippen molar-refractivity contribution in [3.63, 3.8) is 0 Å². The van der Waals surface area contributed by atoms with Crippen LogP contribution in [0.5, 0.6) is 0 Å². The van der Waals surface area contributed by atoms with Crippen LogP contribution in [0.3, 0.4) is 0 Å². The SMILES string of the molecule is CC(C)(NS(=O)(=O)c1ccc(CO)cc1F)C1CC1. The lowest BCUT2D eigenvalue weighted by Crippen LogP contribution is -2.45. The first-order chi connectivity index (χ1) is 8.76. The maximum atomic E-state index is 13.8. The molecule has 0 aliphatic heterocycles. The van der Waals surface area contributed by atoms with Gasteiger partial charge in [0, 0.05) is 5.54 Å². The van der Waals surface area contributed by atoms with Crippen molar-refractivity contribution in [2.24, 2.45) is 5.92 Å². The van der Waals surface area contributed by atoms with E-state index < -0.39 is 21.4 Å². The van der Waals surface area contributed by atoms with Crippen molar-refractivity contribution >= 4 is 10.0 Å². The van der Waals surface area contributed by atoms with Gasteiger partial charge < -0.3 is 5.11 Å². The summed E-state index contributed by atoms with van der Waals surface area (Å²) in [4.78, 5) is -0.376. The molecule has 1 aromatic rings. The van der Waals surface area contributed by atoms with E-state index >= 15 is 0 Å². The summed E-state index contributed by atoms with van der Waals surface area (Å²) in [6.45, 7) is 3.29. The van der Waals surface area contributed by atoms with Gasteiger partial charge in [0.1, 0.15) is 10.7 Å². The van der Waals surface area contributed by atoms with Gasteiger partial charge in [-0.1, -0.05) is 6.07 Å². The van der Waals surface area contributed by atoms with Crippen LogP contribution in [-0.4, -0.2) is 19.1 Å². The number of nitrogens with one attached hydrogen (secondary N) is 1. The van der Waals surface area contributed by atoms with Crippen molar-refractivity contribution in [1.82, 2.24) is 4.72 Å². The topological polar surface area (TPSA) is 66.4 Å².